The number of carboxylic acid groups (broad SMARTS) is 1. The summed E-state index contributed by atoms with van der Waals surface area (Å²) in [6.07, 6.45) is 1.31. The van der Waals surface area contributed by atoms with Gasteiger partial charge in [0.25, 0.3) is 5.91 Å². The standard InChI is InChI=1S/C14H15F2NO4/c1-2-21-8-3-7(4-8)17-13(18)9-5-11(15)12(16)6-10(9)14(19)20/h5-8H,2-4H2,1H3,(H,17,18)(H,19,20). The quantitative estimate of drug-likeness (QED) is 0.871. The Balaban J connectivity index is 2.09. The molecule has 5 nitrogen and oxygen atoms in total. The predicted molar refractivity (Wildman–Crippen MR) is 69.2 cm³/mol. The Morgan fingerprint density at radius 2 is 1.86 bits per heavy atom. The van der Waals surface area contributed by atoms with Crippen LogP contribution in [0.4, 0.5) is 8.78 Å². The molecule has 1 aliphatic carbocycles. The van der Waals surface area contributed by atoms with Crippen LogP contribution in [0.2, 0.25) is 0 Å². The van der Waals surface area contributed by atoms with E-state index in [-0.39, 0.29) is 17.7 Å². The molecule has 21 heavy (non-hydrogen) atoms. The number of rotatable bonds is 5. The van der Waals surface area contributed by atoms with Crippen LogP contribution in [0, 0.1) is 11.6 Å². The number of aromatic carboxylic acids is 1. The molecular formula is C14H15F2NO4. The number of carbonyl (C=O) groups is 2. The molecule has 1 saturated carbocycles. The molecule has 2 rings (SSSR count). The van der Waals surface area contributed by atoms with Gasteiger partial charge < -0.3 is 15.2 Å². The Morgan fingerprint density at radius 1 is 1.29 bits per heavy atom. The fourth-order valence-electron chi connectivity index (χ4n) is 2.23. The second kappa shape index (κ2) is 6.17. The van der Waals surface area contributed by atoms with Crippen LogP contribution in [0.25, 0.3) is 0 Å². The zero-order chi connectivity index (χ0) is 15.6. The van der Waals surface area contributed by atoms with E-state index >= 15 is 0 Å². The van der Waals surface area contributed by atoms with Crippen LogP contribution in [0.15, 0.2) is 12.1 Å². The van der Waals surface area contributed by atoms with Gasteiger partial charge >= 0.3 is 5.97 Å². The van der Waals surface area contributed by atoms with Crippen LogP contribution in [0.1, 0.15) is 40.5 Å². The summed E-state index contributed by atoms with van der Waals surface area (Å²) in [6.45, 7) is 2.45. The van der Waals surface area contributed by atoms with Gasteiger partial charge in [0.05, 0.1) is 17.2 Å². The van der Waals surface area contributed by atoms with Crippen LogP contribution in [0.5, 0.6) is 0 Å². The molecule has 0 radical (unpaired) electrons. The fourth-order valence-corrected chi connectivity index (χ4v) is 2.23. The van der Waals surface area contributed by atoms with Gasteiger partial charge in [0.15, 0.2) is 11.6 Å². The molecule has 114 valence electrons. The molecular weight excluding hydrogens is 284 g/mol. The molecule has 1 amide bonds. The van der Waals surface area contributed by atoms with Crippen LogP contribution in [-0.4, -0.2) is 35.7 Å². The molecule has 1 fully saturated rings. The van der Waals surface area contributed by atoms with Crippen molar-refractivity contribution >= 4 is 11.9 Å². The summed E-state index contributed by atoms with van der Waals surface area (Å²) < 4.78 is 31.6. The van der Waals surface area contributed by atoms with E-state index in [4.69, 9.17) is 9.84 Å². The summed E-state index contributed by atoms with van der Waals surface area (Å²) in [5.41, 5.74) is -0.951. The third-order valence-electron chi connectivity index (χ3n) is 3.37. The van der Waals surface area contributed by atoms with E-state index < -0.39 is 29.1 Å². The van der Waals surface area contributed by atoms with Crippen LogP contribution in [0.3, 0.4) is 0 Å². The first-order chi connectivity index (χ1) is 9.92. The number of nitrogens with one attached hydrogen (secondary N) is 1. The maximum absolute atomic E-state index is 13.2. The number of halogens is 2. The number of amides is 1. The Hall–Kier alpha value is -2.02. The molecule has 0 atom stereocenters. The zero-order valence-corrected chi connectivity index (χ0v) is 11.4. The van der Waals surface area contributed by atoms with E-state index in [1.165, 1.54) is 0 Å². The minimum absolute atomic E-state index is 0.0733. The largest absolute Gasteiger partial charge is 0.478 e. The zero-order valence-electron chi connectivity index (χ0n) is 11.4. The van der Waals surface area contributed by atoms with E-state index in [0.29, 0.717) is 31.6 Å². The van der Waals surface area contributed by atoms with Gasteiger partial charge in [0.2, 0.25) is 0 Å². The van der Waals surface area contributed by atoms with E-state index in [1.54, 1.807) is 0 Å². The second-order valence-corrected chi connectivity index (χ2v) is 4.84. The van der Waals surface area contributed by atoms with E-state index in [1.807, 2.05) is 6.92 Å². The van der Waals surface area contributed by atoms with Gasteiger partial charge in [0, 0.05) is 12.6 Å². The third-order valence-corrected chi connectivity index (χ3v) is 3.37. The molecule has 1 aromatic rings. The molecule has 0 saturated heterocycles. The maximum atomic E-state index is 13.2. The molecule has 1 aliphatic rings. The van der Waals surface area contributed by atoms with Crippen molar-refractivity contribution in [2.75, 3.05) is 6.61 Å². The lowest BCUT2D eigenvalue weighted by Gasteiger charge is -2.35. The Bertz CT molecular complexity index is 570. The van der Waals surface area contributed by atoms with Crippen molar-refractivity contribution in [2.24, 2.45) is 0 Å². The smallest absolute Gasteiger partial charge is 0.336 e. The van der Waals surface area contributed by atoms with Gasteiger partial charge in [-0.1, -0.05) is 0 Å². The summed E-state index contributed by atoms with van der Waals surface area (Å²) in [4.78, 5) is 23.0. The van der Waals surface area contributed by atoms with E-state index in [2.05, 4.69) is 5.32 Å². The number of ether oxygens (including phenoxy) is 1. The molecule has 1 aromatic carbocycles. The summed E-state index contributed by atoms with van der Waals surface area (Å²) >= 11 is 0. The van der Waals surface area contributed by atoms with Crippen LogP contribution < -0.4 is 5.32 Å². The highest BCUT2D eigenvalue weighted by Gasteiger charge is 2.32. The molecule has 0 aliphatic heterocycles. The van der Waals surface area contributed by atoms with Crippen molar-refractivity contribution in [1.82, 2.24) is 5.32 Å². The van der Waals surface area contributed by atoms with Crippen molar-refractivity contribution in [3.63, 3.8) is 0 Å². The first-order valence-electron chi connectivity index (χ1n) is 6.57. The Kier molecular flexibility index (Phi) is 4.52. The first kappa shape index (κ1) is 15.4. The minimum Gasteiger partial charge on any atom is -0.478 e. The Morgan fingerprint density at radius 3 is 2.38 bits per heavy atom. The van der Waals surface area contributed by atoms with Crippen LogP contribution in [-0.2, 0) is 4.74 Å². The van der Waals surface area contributed by atoms with Crippen molar-refractivity contribution in [2.45, 2.75) is 31.9 Å². The van der Waals surface area contributed by atoms with Gasteiger partial charge in [0.1, 0.15) is 0 Å². The van der Waals surface area contributed by atoms with Crippen molar-refractivity contribution in [1.29, 1.82) is 0 Å². The second-order valence-electron chi connectivity index (χ2n) is 4.84. The molecule has 0 bridgehead atoms. The van der Waals surface area contributed by atoms with Crippen molar-refractivity contribution in [3.8, 4) is 0 Å². The first-order valence-corrected chi connectivity index (χ1v) is 6.57. The summed E-state index contributed by atoms with van der Waals surface area (Å²) in [7, 11) is 0. The summed E-state index contributed by atoms with van der Waals surface area (Å²) in [6, 6.07) is 0.965. The molecule has 0 heterocycles. The predicted octanol–water partition coefficient (Wildman–Crippen LogP) is 1.96. The highest BCUT2D eigenvalue weighted by atomic mass is 19.2. The number of carbonyl (C=O) groups excluding carboxylic acids is 1. The highest BCUT2D eigenvalue weighted by Crippen LogP contribution is 2.24. The fraction of sp³-hybridized carbons (Fsp3) is 0.429. The summed E-state index contributed by atoms with van der Waals surface area (Å²) in [5, 5.41) is 11.5. The van der Waals surface area contributed by atoms with Gasteiger partial charge in [-0.25, -0.2) is 13.6 Å². The average Bonchev–Trinajstić information content (AvgIpc) is 2.38. The lowest BCUT2D eigenvalue weighted by Crippen LogP contribution is -2.48. The van der Waals surface area contributed by atoms with Crippen LogP contribution >= 0.6 is 0 Å². The molecule has 2 N–H and O–H groups in total. The lowest BCUT2D eigenvalue weighted by atomic mass is 9.89. The topological polar surface area (TPSA) is 75.6 Å². The van der Waals surface area contributed by atoms with Gasteiger partial charge in [-0.3, -0.25) is 4.79 Å². The molecule has 0 aromatic heterocycles. The Labute approximate surface area is 119 Å². The SMILES string of the molecule is CCOC1CC(NC(=O)c2cc(F)c(F)cc2C(=O)O)C1. The molecule has 0 unspecified atom stereocenters. The normalized spacial score (nSPS) is 20.7. The van der Waals surface area contributed by atoms with Gasteiger partial charge in [-0.15, -0.1) is 0 Å². The minimum atomic E-state index is -1.49. The van der Waals surface area contributed by atoms with E-state index in [9.17, 15) is 18.4 Å². The third kappa shape index (κ3) is 3.36. The summed E-state index contributed by atoms with van der Waals surface area (Å²) in [5.74, 6) is -4.78. The van der Waals surface area contributed by atoms with Crippen molar-refractivity contribution < 1.29 is 28.2 Å². The average molecular weight is 299 g/mol. The van der Waals surface area contributed by atoms with Crippen molar-refractivity contribution in [3.05, 3.63) is 34.9 Å². The number of hydrogen-bond donors (Lipinski definition) is 2. The van der Waals surface area contributed by atoms with E-state index in [0.717, 1.165) is 0 Å². The highest BCUT2D eigenvalue weighted by molar-refractivity contribution is 6.04. The lowest BCUT2D eigenvalue weighted by molar-refractivity contribution is -0.00866. The van der Waals surface area contributed by atoms with Gasteiger partial charge in [-0.05, 0) is 31.9 Å². The number of hydrogen-bond acceptors (Lipinski definition) is 3. The number of benzene rings is 1. The maximum Gasteiger partial charge on any atom is 0.336 e. The van der Waals surface area contributed by atoms with Gasteiger partial charge in [-0.2, -0.15) is 0 Å². The monoisotopic (exact) mass is 299 g/mol. The number of carboxylic acids is 1. The molecule has 0 spiro atoms. The molecule has 7 heteroatoms.